The van der Waals surface area contributed by atoms with Crippen molar-refractivity contribution in [1.82, 2.24) is 30.3 Å². The zero-order valence-electron chi connectivity index (χ0n) is 24.5. The SMILES string of the molecule is C[C@H]1Cc2c(C(F)F)nn(CC(=O)NC(Cc3cc(F)cc(F)c3)c3nc4cn[nH]c4cc3-c3ccc(C4CC4)cc3)c2C1(F)F. The first kappa shape index (κ1) is 30.0. The van der Waals surface area contributed by atoms with Gasteiger partial charge < -0.3 is 5.32 Å². The van der Waals surface area contributed by atoms with Gasteiger partial charge in [-0.2, -0.15) is 19.0 Å². The molecule has 13 heteroatoms. The molecule has 2 aliphatic rings. The second-order valence-electron chi connectivity index (χ2n) is 12.1. The van der Waals surface area contributed by atoms with E-state index in [1.165, 1.54) is 18.7 Å². The fraction of sp³-hybridized carbons (Fsp3) is 0.333. The predicted octanol–water partition coefficient (Wildman–Crippen LogP) is 7.30. The van der Waals surface area contributed by atoms with Crippen molar-refractivity contribution < 1.29 is 31.1 Å². The van der Waals surface area contributed by atoms with Gasteiger partial charge in [0.05, 0.1) is 23.4 Å². The standard InChI is InChI=1S/C33H28F6N6O/c1-16-8-24-30(32(36)37)44-45(31(24)33(16,38)39)15-28(46)41-26(11-17-9-21(34)12-22(35)10-17)29-23(13-25-27(42-29)14-40-43-25)20-6-4-19(5-7-20)18-2-3-18/h4-7,9-10,12-14,16,18,26,32H,2-3,8,11,15H2,1H3,(H,40,43)(H,41,46)/t16-,26?/m0/s1. The molecule has 0 bridgehead atoms. The number of hydrogen-bond donors (Lipinski definition) is 2. The second kappa shape index (κ2) is 11.3. The molecule has 2 N–H and O–H groups in total. The van der Waals surface area contributed by atoms with Crippen molar-refractivity contribution in [2.24, 2.45) is 5.92 Å². The molecule has 1 amide bonds. The Labute approximate surface area is 259 Å². The van der Waals surface area contributed by atoms with E-state index in [9.17, 15) is 22.4 Å². The summed E-state index contributed by atoms with van der Waals surface area (Å²) in [7, 11) is 0. The molecule has 0 saturated heterocycles. The number of carbonyl (C=O) groups excluding carboxylic acids is 1. The summed E-state index contributed by atoms with van der Waals surface area (Å²) >= 11 is 0. The Morgan fingerprint density at radius 2 is 1.78 bits per heavy atom. The summed E-state index contributed by atoms with van der Waals surface area (Å²) in [4.78, 5) is 18.3. The van der Waals surface area contributed by atoms with Crippen LogP contribution in [0.5, 0.6) is 0 Å². The summed E-state index contributed by atoms with van der Waals surface area (Å²) in [5.41, 5.74) is 2.42. The maximum atomic E-state index is 15.1. The van der Waals surface area contributed by atoms with Crippen LogP contribution in [0.25, 0.3) is 22.2 Å². The van der Waals surface area contributed by atoms with Crippen LogP contribution in [0.2, 0.25) is 0 Å². The zero-order valence-corrected chi connectivity index (χ0v) is 24.5. The van der Waals surface area contributed by atoms with E-state index in [2.05, 4.69) is 20.6 Å². The summed E-state index contributed by atoms with van der Waals surface area (Å²) in [6.07, 6.45) is 0.198. The minimum atomic E-state index is -3.47. The lowest BCUT2D eigenvalue weighted by atomic mass is 9.94. The smallest absolute Gasteiger partial charge is 0.292 e. The van der Waals surface area contributed by atoms with Crippen molar-refractivity contribution in [3.05, 3.63) is 100 Å². The second-order valence-corrected chi connectivity index (χ2v) is 12.1. The fourth-order valence-corrected chi connectivity index (χ4v) is 6.35. The number of amides is 1. The van der Waals surface area contributed by atoms with Gasteiger partial charge in [-0.15, -0.1) is 0 Å². The van der Waals surface area contributed by atoms with E-state index in [1.54, 1.807) is 6.07 Å². The van der Waals surface area contributed by atoms with E-state index >= 15 is 8.78 Å². The van der Waals surface area contributed by atoms with Gasteiger partial charge in [-0.25, -0.2) is 22.5 Å². The highest BCUT2D eigenvalue weighted by atomic mass is 19.3. The number of fused-ring (bicyclic) bond motifs is 2. The van der Waals surface area contributed by atoms with Gasteiger partial charge in [-0.1, -0.05) is 31.2 Å². The lowest BCUT2D eigenvalue weighted by Crippen LogP contribution is -2.35. The number of pyridine rings is 1. The van der Waals surface area contributed by atoms with Crippen LogP contribution in [0, 0.1) is 17.6 Å². The first-order valence-corrected chi connectivity index (χ1v) is 14.9. The largest absolute Gasteiger partial charge is 0.346 e. The topological polar surface area (TPSA) is 88.5 Å². The van der Waals surface area contributed by atoms with Crippen LogP contribution < -0.4 is 5.32 Å². The third-order valence-corrected chi connectivity index (χ3v) is 8.78. The highest BCUT2D eigenvalue weighted by molar-refractivity contribution is 5.83. The molecule has 46 heavy (non-hydrogen) atoms. The maximum absolute atomic E-state index is 15.1. The maximum Gasteiger partial charge on any atom is 0.292 e. The van der Waals surface area contributed by atoms with Crippen LogP contribution in [0.3, 0.4) is 0 Å². The number of hydrogen-bond acceptors (Lipinski definition) is 4. The highest BCUT2D eigenvalue weighted by Gasteiger charge is 2.51. The number of rotatable bonds is 9. The summed E-state index contributed by atoms with van der Waals surface area (Å²) in [5, 5.41) is 13.4. The van der Waals surface area contributed by atoms with Crippen molar-refractivity contribution in [2.75, 3.05) is 0 Å². The Morgan fingerprint density at radius 3 is 2.46 bits per heavy atom. The van der Waals surface area contributed by atoms with E-state index in [1.807, 2.05) is 24.3 Å². The van der Waals surface area contributed by atoms with Gasteiger partial charge in [-0.05, 0) is 66.5 Å². The average molecular weight is 639 g/mol. The van der Waals surface area contributed by atoms with E-state index < -0.39 is 59.8 Å². The molecule has 238 valence electrons. The van der Waals surface area contributed by atoms with Crippen LogP contribution in [-0.2, 0) is 30.1 Å². The number of alkyl halides is 4. The minimum Gasteiger partial charge on any atom is -0.346 e. The molecule has 2 atom stereocenters. The highest BCUT2D eigenvalue weighted by Crippen LogP contribution is 2.48. The normalized spacial score (nSPS) is 17.9. The molecular formula is C33H28F6N6O. The summed E-state index contributed by atoms with van der Waals surface area (Å²) in [6.45, 7) is 0.467. The minimum absolute atomic E-state index is 0.128. The van der Waals surface area contributed by atoms with Gasteiger partial charge in [0.25, 0.3) is 12.3 Å². The number of carbonyl (C=O) groups is 1. The van der Waals surface area contributed by atoms with Gasteiger partial charge in [0.1, 0.15) is 35.1 Å². The first-order chi connectivity index (χ1) is 22.0. The Hall–Kier alpha value is -4.68. The van der Waals surface area contributed by atoms with Crippen molar-refractivity contribution in [2.45, 2.75) is 63.5 Å². The van der Waals surface area contributed by atoms with Crippen LogP contribution in [-0.4, -0.2) is 30.9 Å². The molecule has 0 radical (unpaired) electrons. The van der Waals surface area contributed by atoms with Gasteiger partial charge in [-0.3, -0.25) is 14.6 Å². The molecule has 1 saturated carbocycles. The predicted molar refractivity (Wildman–Crippen MR) is 156 cm³/mol. The van der Waals surface area contributed by atoms with Gasteiger partial charge >= 0.3 is 0 Å². The Bertz CT molecular complexity index is 1930. The third kappa shape index (κ3) is 5.51. The quantitative estimate of drug-likeness (QED) is 0.166. The van der Waals surface area contributed by atoms with Crippen LogP contribution in [0.15, 0.2) is 54.7 Å². The van der Waals surface area contributed by atoms with Crippen LogP contribution in [0.1, 0.15) is 71.9 Å². The molecule has 2 aromatic carbocycles. The molecule has 7 rings (SSSR count). The molecule has 7 nitrogen and oxygen atoms in total. The van der Waals surface area contributed by atoms with Gasteiger partial charge in [0.15, 0.2) is 0 Å². The lowest BCUT2D eigenvalue weighted by Gasteiger charge is -2.23. The molecule has 5 aromatic rings. The van der Waals surface area contributed by atoms with Crippen LogP contribution >= 0.6 is 0 Å². The zero-order chi connectivity index (χ0) is 32.3. The van der Waals surface area contributed by atoms with Crippen molar-refractivity contribution in [3.63, 3.8) is 0 Å². The number of benzene rings is 2. The molecular weight excluding hydrogens is 610 g/mol. The van der Waals surface area contributed by atoms with E-state index in [4.69, 9.17) is 4.98 Å². The van der Waals surface area contributed by atoms with E-state index in [-0.39, 0.29) is 24.0 Å². The lowest BCUT2D eigenvalue weighted by molar-refractivity contribution is -0.123. The Balaban J connectivity index is 1.28. The molecule has 1 fully saturated rings. The summed E-state index contributed by atoms with van der Waals surface area (Å²) in [6, 6.07) is 11.6. The molecule has 1 unspecified atom stereocenters. The number of aromatic nitrogens is 5. The first-order valence-electron chi connectivity index (χ1n) is 14.9. The molecule has 0 spiro atoms. The molecule has 3 heterocycles. The molecule has 0 aliphatic heterocycles. The molecule has 2 aliphatic carbocycles. The number of nitrogens with zero attached hydrogens (tertiary/aromatic N) is 4. The van der Waals surface area contributed by atoms with Crippen molar-refractivity contribution >= 4 is 16.9 Å². The Morgan fingerprint density at radius 1 is 1.07 bits per heavy atom. The van der Waals surface area contributed by atoms with Crippen molar-refractivity contribution in [3.8, 4) is 11.1 Å². The number of H-pyrrole nitrogens is 1. The van der Waals surface area contributed by atoms with Crippen molar-refractivity contribution in [1.29, 1.82) is 0 Å². The number of aromatic amines is 1. The van der Waals surface area contributed by atoms with Gasteiger partial charge in [0, 0.05) is 23.1 Å². The molecule has 3 aromatic heterocycles. The summed E-state index contributed by atoms with van der Waals surface area (Å²) in [5.74, 6) is -6.67. The summed E-state index contributed by atoms with van der Waals surface area (Å²) < 4.78 is 86.9. The average Bonchev–Trinajstić information content (AvgIpc) is 3.56. The van der Waals surface area contributed by atoms with Crippen LogP contribution in [0.4, 0.5) is 26.3 Å². The number of halogens is 6. The van der Waals surface area contributed by atoms with E-state index in [0.717, 1.165) is 36.6 Å². The monoisotopic (exact) mass is 638 g/mol. The third-order valence-electron chi connectivity index (χ3n) is 8.78. The van der Waals surface area contributed by atoms with E-state index in [0.29, 0.717) is 32.9 Å². The number of nitrogens with one attached hydrogen (secondary N) is 2. The van der Waals surface area contributed by atoms with Gasteiger partial charge in [0.2, 0.25) is 5.91 Å². The Kier molecular flexibility index (Phi) is 7.36. The fourth-order valence-electron chi connectivity index (χ4n) is 6.35.